The molecule has 188 valence electrons. The maximum Gasteiger partial charge on any atom is 0.225 e. The summed E-state index contributed by atoms with van der Waals surface area (Å²) in [6, 6.07) is 4.84. The summed E-state index contributed by atoms with van der Waals surface area (Å²) in [4.78, 5) is 29.6. The third kappa shape index (κ3) is 4.17. The molecule has 3 aromatic rings. The van der Waals surface area contributed by atoms with Crippen molar-refractivity contribution in [2.45, 2.75) is 69.4 Å². The number of amides is 1. The van der Waals surface area contributed by atoms with Gasteiger partial charge in [0.2, 0.25) is 5.91 Å². The fourth-order valence-corrected chi connectivity index (χ4v) is 6.50. The molecule has 3 aromatic heterocycles. The van der Waals surface area contributed by atoms with Crippen molar-refractivity contribution in [2.24, 2.45) is 5.92 Å². The predicted molar refractivity (Wildman–Crippen MR) is 136 cm³/mol. The van der Waals surface area contributed by atoms with Crippen LogP contribution in [0.25, 0.3) is 22.3 Å². The number of hydrogen-bond acceptors (Lipinski definition) is 6. The predicted octanol–water partition coefficient (Wildman–Crippen LogP) is 3.71. The zero-order valence-electron chi connectivity index (χ0n) is 20.8. The summed E-state index contributed by atoms with van der Waals surface area (Å²) in [6.45, 7) is 3.33. The Morgan fingerprint density at radius 2 is 1.89 bits per heavy atom. The highest BCUT2D eigenvalue weighted by molar-refractivity contribution is 5.90. The summed E-state index contributed by atoms with van der Waals surface area (Å²) in [7, 11) is 0. The number of hydrogen-bond donors (Lipinski definition) is 1. The van der Waals surface area contributed by atoms with E-state index in [1.165, 1.54) is 25.7 Å². The van der Waals surface area contributed by atoms with Gasteiger partial charge in [-0.05, 0) is 31.7 Å². The summed E-state index contributed by atoms with van der Waals surface area (Å²) >= 11 is 0. The van der Waals surface area contributed by atoms with E-state index in [0.29, 0.717) is 18.4 Å². The normalized spacial score (nSPS) is 21.7. The number of nitrogens with zero attached hydrogens (tertiary/aromatic N) is 7. The molecule has 5 heterocycles. The van der Waals surface area contributed by atoms with Crippen molar-refractivity contribution >= 4 is 16.9 Å². The molecule has 3 fully saturated rings. The lowest BCUT2D eigenvalue weighted by molar-refractivity contribution is -0.138. The van der Waals surface area contributed by atoms with Gasteiger partial charge in [-0.2, -0.15) is 10.4 Å². The van der Waals surface area contributed by atoms with Gasteiger partial charge in [0.05, 0.1) is 24.4 Å². The van der Waals surface area contributed by atoms with Gasteiger partial charge in [0.1, 0.15) is 17.5 Å². The maximum atomic E-state index is 13.1. The number of nitrogens with one attached hydrogen (secondary N) is 1. The van der Waals surface area contributed by atoms with Crippen molar-refractivity contribution in [3.8, 4) is 17.3 Å². The first-order chi connectivity index (χ1) is 17.7. The molecule has 0 aromatic carbocycles. The Bertz CT molecular complexity index is 1250. The van der Waals surface area contributed by atoms with E-state index in [2.05, 4.69) is 35.9 Å². The van der Waals surface area contributed by atoms with Gasteiger partial charge in [-0.15, -0.1) is 0 Å². The second-order valence-electron chi connectivity index (χ2n) is 10.8. The van der Waals surface area contributed by atoms with Crippen LogP contribution in [-0.2, 0) is 10.3 Å². The van der Waals surface area contributed by atoms with E-state index in [1.807, 2.05) is 29.3 Å². The van der Waals surface area contributed by atoms with Crippen molar-refractivity contribution in [2.75, 3.05) is 26.2 Å². The second kappa shape index (κ2) is 9.66. The lowest BCUT2D eigenvalue weighted by Gasteiger charge is -2.53. The van der Waals surface area contributed by atoms with Crippen molar-refractivity contribution in [3.63, 3.8) is 0 Å². The Morgan fingerprint density at radius 3 is 2.64 bits per heavy atom. The van der Waals surface area contributed by atoms with Crippen LogP contribution in [0.3, 0.4) is 0 Å². The number of carbonyl (C=O) groups excluding carboxylic acids is 1. The van der Waals surface area contributed by atoms with Crippen LogP contribution >= 0.6 is 0 Å². The number of likely N-dealkylation sites (tertiary alicyclic amines) is 2. The van der Waals surface area contributed by atoms with Gasteiger partial charge in [0.25, 0.3) is 0 Å². The number of piperidine rings is 1. The van der Waals surface area contributed by atoms with Crippen LogP contribution in [0.5, 0.6) is 0 Å². The van der Waals surface area contributed by atoms with Crippen LogP contribution in [0.1, 0.15) is 57.8 Å². The molecule has 2 saturated heterocycles. The minimum absolute atomic E-state index is 0.243. The fourth-order valence-electron chi connectivity index (χ4n) is 6.50. The first kappa shape index (κ1) is 23.2. The molecule has 1 aliphatic carbocycles. The molecule has 0 bridgehead atoms. The number of carbonyl (C=O) groups is 1. The summed E-state index contributed by atoms with van der Waals surface area (Å²) in [5, 5.41) is 15.3. The standard InChI is InChI=1S/C27H34N8O/c28-11-10-27(35-16-21(15-32-35)24-23-7-12-29-25(23)31-19-30-24)17-34(18-27)22-8-13-33(14-9-22)26(36)20-5-3-1-2-4-6-20/h7,12,15-16,19-20,22H,1-6,8-10,13-14,17-18H2,(H,29,30,31). The molecule has 1 N–H and O–H groups in total. The summed E-state index contributed by atoms with van der Waals surface area (Å²) in [5.41, 5.74) is 2.27. The minimum Gasteiger partial charge on any atom is -0.346 e. The highest BCUT2D eigenvalue weighted by Gasteiger charge is 2.48. The van der Waals surface area contributed by atoms with Crippen LogP contribution < -0.4 is 0 Å². The molecule has 0 radical (unpaired) electrons. The van der Waals surface area contributed by atoms with Crippen molar-refractivity contribution < 1.29 is 4.79 Å². The smallest absolute Gasteiger partial charge is 0.225 e. The average Bonchev–Trinajstić information content (AvgIpc) is 3.49. The minimum atomic E-state index is -0.315. The van der Waals surface area contributed by atoms with Gasteiger partial charge in [0, 0.05) is 61.5 Å². The van der Waals surface area contributed by atoms with Crippen LogP contribution in [0.2, 0.25) is 0 Å². The number of nitriles is 1. The molecule has 9 nitrogen and oxygen atoms in total. The first-order valence-corrected chi connectivity index (χ1v) is 13.4. The Hall–Kier alpha value is -3.25. The fraction of sp³-hybridized carbons (Fsp3) is 0.593. The monoisotopic (exact) mass is 486 g/mol. The third-order valence-corrected chi connectivity index (χ3v) is 8.60. The Kier molecular flexibility index (Phi) is 6.22. The SMILES string of the molecule is N#CCC1(n2cc(-c3ncnc4[nH]ccc34)cn2)CN(C2CCN(C(=O)C3CCCCCC3)CC2)C1. The maximum absolute atomic E-state index is 13.1. The second-order valence-corrected chi connectivity index (χ2v) is 10.8. The average molecular weight is 487 g/mol. The van der Waals surface area contributed by atoms with Crippen LogP contribution in [-0.4, -0.2) is 72.7 Å². The van der Waals surface area contributed by atoms with Crippen LogP contribution in [0.15, 0.2) is 31.0 Å². The number of H-pyrrole nitrogens is 1. The van der Waals surface area contributed by atoms with Gasteiger partial charge in [-0.25, -0.2) is 9.97 Å². The molecular formula is C27H34N8O. The van der Waals surface area contributed by atoms with E-state index in [4.69, 9.17) is 0 Å². The molecule has 0 unspecified atom stereocenters. The summed E-state index contributed by atoms with van der Waals surface area (Å²) in [5.74, 6) is 0.635. The lowest BCUT2D eigenvalue weighted by Crippen LogP contribution is -2.66. The van der Waals surface area contributed by atoms with E-state index in [1.54, 1.807) is 6.33 Å². The molecule has 1 saturated carbocycles. The molecule has 9 heteroatoms. The molecule has 2 aliphatic heterocycles. The van der Waals surface area contributed by atoms with Crippen molar-refractivity contribution in [1.82, 2.24) is 34.5 Å². The van der Waals surface area contributed by atoms with Gasteiger partial charge in [-0.3, -0.25) is 14.4 Å². The third-order valence-electron chi connectivity index (χ3n) is 8.60. The first-order valence-electron chi connectivity index (χ1n) is 13.4. The molecule has 0 atom stereocenters. The van der Waals surface area contributed by atoms with Crippen molar-refractivity contribution in [3.05, 3.63) is 31.0 Å². The molecule has 1 amide bonds. The number of fused-ring (bicyclic) bond motifs is 1. The molecular weight excluding hydrogens is 452 g/mol. The highest BCUT2D eigenvalue weighted by Crippen LogP contribution is 2.37. The summed E-state index contributed by atoms with van der Waals surface area (Å²) in [6.07, 6.45) is 16.8. The van der Waals surface area contributed by atoms with Crippen LogP contribution in [0.4, 0.5) is 0 Å². The largest absolute Gasteiger partial charge is 0.346 e. The Labute approximate surface area is 211 Å². The molecule has 36 heavy (non-hydrogen) atoms. The van der Waals surface area contributed by atoms with E-state index in [0.717, 1.165) is 74.2 Å². The lowest BCUT2D eigenvalue weighted by atomic mass is 9.83. The van der Waals surface area contributed by atoms with Gasteiger partial charge in [-0.1, -0.05) is 25.7 Å². The number of aromatic nitrogens is 5. The van der Waals surface area contributed by atoms with E-state index >= 15 is 0 Å². The van der Waals surface area contributed by atoms with E-state index in [9.17, 15) is 10.1 Å². The molecule has 6 rings (SSSR count). The van der Waals surface area contributed by atoms with E-state index in [-0.39, 0.29) is 11.5 Å². The Morgan fingerprint density at radius 1 is 1.11 bits per heavy atom. The molecule has 0 spiro atoms. The van der Waals surface area contributed by atoms with Gasteiger partial charge >= 0.3 is 0 Å². The zero-order valence-corrected chi connectivity index (χ0v) is 20.8. The van der Waals surface area contributed by atoms with E-state index < -0.39 is 0 Å². The highest BCUT2D eigenvalue weighted by atomic mass is 16.2. The Balaban J connectivity index is 1.10. The van der Waals surface area contributed by atoms with Gasteiger partial charge < -0.3 is 9.88 Å². The topological polar surface area (TPSA) is 107 Å². The van der Waals surface area contributed by atoms with Gasteiger partial charge in [0.15, 0.2) is 0 Å². The zero-order chi connectivity index (χ0) is 24.5. The number of aromatic amines is 1. The number of rotatable bonds is 5. The van der Waals surface area contributed by atoms with Crippen LogP contribution in [0, 0.1) is 17.2 Å². The summed E-state index contributed by atoms with van der Waals surface area (Å²) < 4.78 is 1.98. The van der Waals surface area contributed by atoms with Crippen molar-refractivity contribution in [1.29, 1.82) is 5.26 Å². The quantitative estimate of drug-likeness (QED) is 0.551. The molecule has 3 aliphatic rings.